The molecule has 0 spiro atoms. The first kappa shape index (κ1) is 26.5. The van der Waals surface area contributed by atoms with Crippen LogP contribution in [0.5, 0.6) is 11.5 Å². The first-order valence-corrected chi connectivity index (χ1v) is 13.7. The lowest BCUT2D eigenvalue weighted by Crippen LogP contribution is -2.41. The Morgan fingerprint density at radius 3 is 2.22 bits per heavy atom. The van der Waals surface area contributed by atoms with Crippen molar-refractivity contribution in [3.63, 3.8) is 0 Å². The molecule has 8 nitrogen and oxygen atoms in total. The van der Waals surface area contributed by atoms with Gasteiger partial charge in [0.2, 0.25) is 5.91 Å². The summed E-state index contributed by atoms with van der Waals surface area (Å²) < 4.78 is 39.1. The molecule has 1 fully saturated rings. The molecule has 0 radical (unpaired) electrons. The van der Waals surface area contributed by atoms with Crippen LogP contribution >= 0.6 is 0 Å². The topological polar surface area (TPSA) is 88.2 Å². The molecule has 0 bridgehead atoms. The summed E-state index contributed by atoms with van der Waals surface area (Å²) in [5, 5.41) is 2.92. The second kappa shape index (κ2) is 12.1. The highest BCUT2D eigenvalue weighted by Gasteiger charge is 2.29. The number of carbonyl (C=O) groups excluding carboxylic acids is 1. The van der Waals surface area contributed by atoms with Crippen LogP contribution in [0.15, 0.2) is 77.7 Å². The number of sulfonamides is 1. The molecule has 0 unspecified atom stereocenters. The molecule has 0 aliphatic carbocycles. The molecular formula is C28H33N3O5S. The monoisotopic (exact) mass is 523 g/mol. The van der Waals surface area contributed by atoms with Gasteiger partial charge in [-0.25, -0.2) is 8.42 Å². The van der Waals surface area contributed by atoms with Crippen molar-refractivity contribution in [2.24, 2.45) is 0 Å². The van der Waals surface area contributed by atoms with Gasteiger partial charge in [0.05, 0.1) is 24.8 Å². The van der Waals surface area contributed by atoms with Crippen LogP contribution in [-0.4, -0.2) is 53.1 Å². The van der Waals surface area contributed by atoms with Gasteiger partial charge in [0.15, 0.2) is 0 Å². The fraction of sp³-hybridized carbons (Fsp3) is 0.321. The molecule has 0 aromatic heterocycles. The van der Waals surface area contributed by atoms with Crippen molar-refractivity contribution < 1.29 is 22.7 Å². The second-order valence-electron chi connectivity index (χ2n) is 8.89. The maximum atomic E-state index is 13.7. The van der Waals surface area contributed by atoms with Gasteiger partial charge in [-0.2, -0.15) is 0 Å². The third-order valence-electron chi connectivity index (χ3n) is 6.48. The predicted molar refractivity (Wildman–Crippen MR) is 143 cm³/mol. The molecular weight excluding hydrogens is 490 g/mol. The Hall–Kier alpha value is -3.56. The van der Waals surface area contributed by atoms with E-state index in [9.17, 15) is 13.2 Å². The van der Waals surface area contributed by atoms with Crippen LogP contribution in [0, 0.1) is 0 Å². The van der Waals surface area contributed by atoms with Crippen molar-refractivity contribution in [1.29, 1.82) is 0 Å². The van der Waals surface area contributed by atoms with E-state index in [0.717, 1.165) is 35.1 Å². The number of likely N-dealkylation sites (tertiary alicyclic amines) is 1. The standard InChI is InChI=1S/C28H33N3O5S/c1-35-24-13-15-25(16-14-24)37(33,34)31(26-11-5-6-12-27(26)36-2)21-28(32)29-19-22-9-3-4-10-23(22)20-30-17-7-8-18-30/h3-6,9-16H,7-8,17-21H2,1-2H3,(H,29,32). The van der Waals surface area contributed by atoms with Crippen LogP contribution in [0.1, 0.15) is 24.0 Å². The van der Waals surface area contributed by atoms with E-state index in [1.54, 1.807) is 36.4 Å². The fourth-order valence-corrected chi connectivity index (χ4v) is 5.89. The number of amides is 1. The zero-order valence-corrected chi connectivity index (χ0v) is 22.0. The summed E-state index contributed by atoms with van der Waals surface area (Å²) in [5.74, 6) is 0.468. The van der Waals surface area contributed by atoms with Gasteiger partial charge in [-0.3, -0.25) is 14.0 Å². The lowest BCUT2D eigenvalue weighted by atomic mass is 10.1. The van der Waals surface area contributed by atoms with Crippen LogP contribution in [0.2, 0.25) is 0 Å². The number of rotatable bonds is 11. The molecule has 0 atom stereocenters. The minimum absolute atomic E-state index is 0.0444. The summed E-state index contributed by atoms with van der Waals surface area (Å²) in [4.78, 5) is 15.6. The van der Waals surface area contributed by atoms with E-state index < -0.39 is 22.5 Å². The number of nitrogens with zero attached hydrogens (tertiary/aromatic N) is 2. The molecule has 1 N–H and O–H groups in total. The summed E-state index contributed by atoms with van der Waals surface area (Å²) in [6.45, 7) is 2.91. The van der Waals surface area contributed by atoms with Crippen molar-refractivity contribution in [3.05, 3.63) is 83.9 Å². The molecule has 1 saturated heterocycles. The second-order valence-corrected chi connectivity index (χ2v) is 10.8. The number of anilines is 1. The summed E-state index contributed by atoms with van der Waals surface area (Å²) in [7, 11) is -1.10. The van der Waals surface area contributed by atoms with Gasteiger partial charge < -0.3 is 14.8 Å². The molecule has 9 heteroatoms. The number of hydrogen-bond acceptors (Lipinski definition) is 6. The minimum Gasteiger partial charge on any atom is -0.497 e. The number of methoxy groups -OCH3 is 2. The number of benzene rings is 3. The van der Waals surface area contributed by atoms with Crippen LogP contribution in [-0.2, 0) is 27.9 Å². The molecule has 1 aliphatic heterocycles. The first-order valence-electron chi connectivity index (χ1n) is 12.3. The Morgan fingerprint density at radius 1 is 0.892 bits per heavy atom. The highest BCUT2D eigenvalue weighted by atomic mass is 32.2. The molecule has 4 rings (SSSR count). The van der Waals surface area contributed by atoms with Crippen molar-refractivity contribution in [2.75, 3.05) is 38.2 Å². The predicted octanol–water partition coefficient (Wildman–Crippen LogP) is 3.81. The Labute approximate surface area is 218 Å². The normalized spacial score (nSPS) is 13.8. The molecule has 1 aliphatic rings. The van der Waals surface area contributed by atoms with E-state index in [4.69, 9.17) is 9.47 Å². The fourth-order valence-electron chi connectivity index (χ4n) is 4.46. The molecule has 196 valence electrons. The van der Waals surface area contributed by atoms with Gasteiger partial charge in [-0.05, 0) is 73.5 Å². The molecule has 0 saturated carbocycles. The number of carbonyl (C=O) groups is 1. The van der Waals surface area contributed by atoms with Gasteiger partial charge in [0.1, 0.15) is 18.0 Å². The highest BCUT2D eigenvalue weighted by molar-refractivity contribution is 7.92. The molecule has 3 aromatic rings. The maximum Gasteiger partial charge on any atom is 0.264 e. The van der Waals surface area contributed by atoms with Gasteiger partial charge >= 0.3 is 0 Å². The van der Waals surface area contributed by atoms with E-state index in [1.807, 2.05) is 18.2 Å². The number of para-hydroxylation sites is 2. The Kier molecular flexibility index (Phi) is 8.68. The van der Waals surface area contributed by atoms with Crippen LogP contribution in [0.4, 0.5) is 5.69 Å². The molecule has 1 heterocycles. The van der Waals surface area contributed by atoms with E-state index in [2.05, 4.69) is 16.3 Å². The lowest BCUT2D eigenvalue weighted by Gasteiger charge is -2.26. The van der Waals surface area contributed by atoms with Crippen molar-refractivity contribution in [2.45, 2.75) is 30.8 Å². The van der Waals surface area contributed by atoms with Crippen LogP contribution in [0.3, 0.4) is 0 Å². The lowest BCUT2D eigenvalue weighted by molar-refractivity contribution is -0.119. The Bertz CT molecular complexity index is 1310. The highest BCUT2D eigenvalue weighted by Crippen LogP contribution is 2.32. The summed E-state index contributed by atoms with van der Waals surface area (Å²) in [6.07, 6.45) is 2.42. The molecule has 1 amide bonds. The average molecular weight is 524 g/mol. The summed E-state index contributed by atoms with van der Waals surface area (Å²) in [5.41, 5.74) is 2.46. The van der Waals surface area contributed by atoms with E-state index in [1.165, 1.54) is 39.2 Å². The van der Waals surface area contributed by atoms with Crippen molar-refractivity contribution in [1.82, 2.24) is 10.2 Å². The van der Waals surface area contributed by atoms with Crippen molar-refractivity contribution in [3.8, 4) is 11.5 Å². The minimum atomic E-state index is -4.08. The van der Waals surface area contributed by atoms with E-state index in [0.29, 0.717) is 18.0 Å². The third kappa shape index (κ3) is 6.42. The Balaban J connectivity index is 1.55. The number of hydrogen-bond donors (Lipinski definition) is 1. The SMILES string of the molecule is COc1ccc(S(=O)(=O)N(CC(=O)NCc2ccccc2CN2CCCC2)c2ccccc2OC)cc1. The van der Waals surface area contributed by atoms with Gasteiger partial charge in [0, 0.05) is 13.1 Å². The van der Waals surface area contributed by atoms with Gasteiger partial charge in [-0.1, -0.05) is 36.4 Å². The van der Waals surface area contributed by atoms with Crippen LogP contribution in [0.25, 0.3) is 0 Å². The Morgan fingerprint density at radius 2 is 1.54 bits per heavy atom. The van der Waals surface area contributed by atoms with Gasteiger partial charge in [-0.15, -0.1) is 0 Å². The quantitative estimate of drug-likeness (QED) is 0.411. The number of ether oxygens (including phenoxy) is 2. The zero-order valence-electron chi connectivity index (χ0n) is 21.2. The number of nitrogens with one attached hydrogen (secondary N) is 1. The zero-order chi connectivity index (χ0) is 26.3. The van der Waals surface area contributed by atoms with Crippen LogP contribution < -0.4 is 19.1 Å². The smallest absolute Gasteiger partial charge is 0.264 e. The van der Waals surface area contributed by atoms with Gasteiger partial charge in [0.25, 0.3) is 10.0 Å². The summed E-state index contributed by atoms with van der Waals surface area (Å²) in [6, 6.07) is 20.8. The van der Waals surface area contributed by atoms with Crippen molar-refractivity contribution >= 4 is 21.6 Å². The average Bonchev–Trinajstić information content (AvgIpc) is 3.44. The van der Waals surface area contributed by atoms with E-state index >= 15 is 0 Å². The summed E-state index contributed by atoms with van der Waals surface area (Å²) >= 11 is 0. The third-order valence-corrected chi connectivity index (χ3v) is 8.25. The molecule has 37 heavy (non-hydrogen) atoms. The van der Waals surface area contributed by atoms with E-state index in [-0.39, 0.29) is 10.6 Å². The molecule has 3 aromatic carbocycles. The first-order chi connectivity index (χ1) is 17.9. The maximum absolute atomic E-state index is 13.7. The largest absolute Gasteiger partial charge is 0.497 e.